The van der Waals surface area contributed by atoms with Gasteiger partial charge < -0.3 is 5.32 Å². The minimum Gasteiger partial charge on any atom is -0.306 e. The molecule has 2 heterocycles. The topological polar surface area (TPSA) is 64.7 Å². The number of para-hydroxylation sites is 1. The molecule has 0 saturated carbocycles. The van der Waals surface area contributed by atoms with Crippen LogP contribution in [0.4, 0.5) is 5.82 Å². The number of rotatable bonds is 6. The molecule has 0 aliphatic carbocycles. The van der Waals surface area contributed by atoms with Gasteiger partial charge in [-0.15, -0.1) is 0 Å². The van der Waals surface area contributed by atoms with E-state index in [4.69, 9.17) is 5.10 Å². The van der Waals surface area contributed by atoms with E-state index in [1.165, 1.54) is 0 Å². The largest absolute Gasteiger partial charge is 0.306 e. The van der Waals surface area contributed by atoms with Crippen LogP contribution in [0.1, 0.15) is 34.1 Å². The monoisotopic (exact) mass is 385 g/mol. The fourth-order valence-corrected chi connectivity index (χ4v) is 3.35. The third-order valence-electron chi connectivity index (χ3n) is 4.88. The van der Waals surface area contributed by atoms with Gasteiger partial charge in [0.25, 0.3) is 5.91 Å². The predicted molar refractivity (Wildman–Crippen MR) is 113 cm³/mol. The van der Waals surface area contributed by atoms with Crippen LogP contribution in [0, 0.1) is 6.92 Å². The van der Waals surface area contributed by atoms with Gasteiger partial charge in [-0.2, -0.15) is 10.2 Å². The minimum absolute atomic E-state index is 0.157. The maximum Gasteiger partial charge on any atom is 0.256 e. The molecule has 0 aliphatic rings. The second kappa shape index (κ2) is 8.14. The van der Waals surface area contributed by atoms with Crippen LogP contribution in [-0.4, -0.2) is 25.5 Å². The molecule has 0 radical (unpaired) electrons. The van der Waals surface area contributed by atoms with E-state index >= 15 is 0 Å². The predicted octanol–water partition coefficient (Wildman–Crippen LogP) is 4.24. The molecule has 1 N–H and O–H groups in total. The van der Waals surface area contributed by atoms with Gasteiger partial charge in [0.2, 0.25) is 0 Å². The summed E-state index contributed by atoms with van der Waals surface area (Å²) in [4.78, 5) is 13.0. The number of aromatic nitrogens is 4. The Kier molecular flexibility index (Phi) is 5.24. The van der Waals surface area contributed by atoms with Crippen LogP contribution in [0.2, 0.25) is 0 Å². The molecule has 4 aromatic rings. The van der Waals surface area contributed by atoms with E-state index in [0.717, 1.165) is 28.9 Å². The molecule has 0 fully saturated rings. The van der Waals surface area contributed by atoms with Gasteiger partial charge >= 0.3 is 0 Å². The summed E-state index contributed by atoms with van der Waals surface area (Å²) in [7, 11) is 0. The second-order valence-corrected chi connectivity index (χ2v) is 6.88. The summed E-state index contributed by atoms with van der Waals surface area (Å²) in [5, 5.41) is 12.0. The highest BCUT2D eigenvalue weighted by atomic mass is 16.1. The van der Waals surface area contributed by atoms with Crippen molar-refractivity contribution in [1.82, 2.24) is 19.6 Å². The standard InChI is InChI=1S/C23H23N5O/c1-3-21-17(2)22(28(26-21)20-11-5-4-6-12-20)25-23(29)19-10-7-9-18(15-19)16-27-14-8-13-24-27/h4-15H,3,16H2,1-2H3,(H,25,29). The third kappa shape index (κ3) is 3.96. The van der Waals surface area contributed by atoms with Crippen molar-refractivity contribution in [3.05, 3.63) is 95.4 Å². The van der Waals surface area contributed by atoms with Crippen LogP contribution in [0.3, 0.4) is 0 Å². The number of amides is 1. The van der Waals surface area contributed by atoms with Crippen molar-refractivity contribution in [2.24, 2.45) is 0 Å². The van der Waals surface area contributed by atoms with E-state index in [-0.39, 0.29) is 5.91 Å². The van der Waals surface area contributed by atoms with Crippen LogP contribution >= 0.6 is 0 Å². The Bertz CT molecular complexity index is 1110. The van der Waals surface area contributed by atoms with Crippen molar-refractivity contribution in [2.45, 2.75) is 26.8 Å². The number of hydrogen-bond acceptors (Lipinski definition) is 3. The summed E-state index contributed by atoms with van der Waals surface area (Å²) in [5.74, 6) is 0.547. The van der Waals surface area contributed by atoms with Crippen molar-refractivity contribution >= 4 is 11.7 Å². The van der Waals surface area contributed by atoms with Crippen LogP contribution in [0.5, 0.6) is 0 Å². The lowest BCUT2D eigenvalue weighted by Crippen LogP contribution is -2.16. The maximum absolute atomic E-state index is 13.0. The van der Waals surface area contributed by atoms with E-state index in [9.17, 15) is 4.79 Å². The summed E-state index contributed by atoms with van der Waals surface area (Å²) in [6.45, 7) is 4.68. The van der Waals surface area contributed by atoms with E-state index in [1.54, 1.807) is 10.9 Å². The molecule has 146 valence electrons. The van der Waals surface area contributed by atoms with Gasteiger partial charge in [-0.1, -0.05) is 37.3 Å². The Hall–Kier alpha value is -3.67. The van der Waals surface area contributed by atoms with Crippen molar-refractivity contribution in [2.75, 3.05) is 5.32 Å². The minimum atomic E-state index is -0.157. The summed E-state index contributed by atoms with van der Waals surface area (Å²) < 4.78 is 3.64. The molecule has 6 heteroatoms. The number of hydrogen-bond donors (Lipinski definition) is 1. The van der Waals surface area contributed by atoms with E-state index in [0.29, 0.717) is 17.9 Å². The van der Waals surface area contributed by atoms with Crippen molar-refractivity contribution in [1.29, 1.82) is 0 Å². The molecule has 0 saturated heterocycles. The molecular formula is C23H23N5O. The van der Waals surface area contributed by atoms with Gasteiger partial charge in [-0.05, 0) is 49.2 Å². The van der Waals surface area contributed by atoms with Gasteiger partial charge in [0, 0.05) is 23.5 Å². The first-order valence-corrected chi connectivity index (χ1v) is 9.67. The van der Waals surface area contributed by atoms with E-state index in [2.05, 4.69) is 17.3 Å². The molecule has 2 aromatic heterocycles. The van der Waals surface area contributed by atoms with E-state index in [1.807, 2.05) is 78.5 Å². The van der Waals surface area contributed by atoms with Gasteiger partial charge in [0.15, 0.2) is 0 Å². The van der Waals surface area contributed by atoms with Gasteiger partial charge in [0.1, 0.15) is 5.82 Å². The Morgan fingerprint density at radius 1 is 1.07 bits per heavy atom. The van der Waals surface area contributed by atoms with Crippen LogP contribution < -0.4 is 5.32 Å². The first-order chi connectivity index (χ1) is 14.2. The van der Waals surface area contributed by atoms with Crippen molar-refractivity contribution in [3.63, 3.8) is 0 Å². The summed E-state index contributed by atoms with van der Waals surface area (Å²) in [5.41, 5.74) is 4.49. The number of benzene rings is 2. The first kappa shape index (κ1) is 18.7. The molecule has 0 bridgehead atoms. The molecular weight excluding hydrogens is 362 g/mol. The van der Waals surface area contributed by atoms with Gasteiger partial charge in [0.05, 0.1) is 17.9 Å². The lowest BCUT2D eigenvalue weighted by molar-refractivity contribution is 0.102. The van der Waals surface area contributed by atoms with Gasteiger partial charge in [-0.25, -0.2) is 4.68 Å². The highest BCUT2D eigenvalue weighted by Crippen LogP contribution is 2.24. The molecule has 0 aliphatic heterocycles. The first-order valence-electron chi connectivity index (χ1n) is 9.67. The number of carbonyl (C=O) groups excluding carboxylic acids is 1. The maximum atomic E-state index is 13.0. The smallest absolute Gasteiger partial charge is 0.256 e. The Labute approximate surface area is 169 Å². The van der Waals surface area contributed by atoms with Crippen LogP contribution in [-0.2, 0) is 13.0 Å². The van der Waals surface area contributed by atoms with Gasteiger partial charge in [-0.3, -0.25) is 9.48 Å². The number of nitrogens with one attached hydrogen (secondary N) is 1. The fourth-order valence-electron chi connectivity index (χ4n) is 3.35. The molecule has 0 unspecified atom stereocenters. The summed E-state index contributed by atoms with van der Waals surface area (Å²) in [6, 6.07) is 19.3. The Morgan fingerprint density at radius 3 is 2.62 bits per heavy atom. The highest BCUT2D eigenvalue weighted by molar-refractivity contribution is 6.04. The molecule has 6 nitrogen and oxygen atoms in total. The molecule has 2 aromatic carbocycles. The zero-order valence-electron chi connectivity index (χ0n) is 16.5. The van der Waals surface area contributed by atoms with E-state index < -0.39 is 0 Å². The molecule has 0 atom stereocenters. The lowest BCUT2D eigenvalue weighted by atomic mass is 10.1. The third-order valence-corrected chi connectivity index (χ3v) is 4.88. The SMILES string of the molecule is CCc1nn(-c2ccccc2)c(NC(=O)c2cccc(Cn3cccn3)c2)c1C. The normalized spacial score (nSPS) is 10.8. The molecule has 0 spiro atoms. The Balaban J connectivity index is 1.63. The van der Waals surface area contributed by atoms with Crippen LogP contribution in [0.15, 0.2) is 73.1 Å². The number of nitrogens with zero attached hydrogens (tertiary/aromatic N) is 4. The van der Waals surface area contributed by atoms with Crippen molar-refractivity contribution < 1.29 is 4.79 Å². The zero-order valence-corrected chi connectivity index (χ0v) is 16.5. The summed E-state index contributed by atoms with van der Waals surface area (Å²) >= 11 is 0. The van der Waals surface area contributed by atoms with Crippen LogP contribution in [0.25, 0.3) is 5.69 Å². The fraction of sp³-hybridized carbons (Fsp3) is 0.174. The second-order valence-electron chi connectivity index (χ2n) is 6.88. The average molecular weight is 385 g/mol. The highest BCUT2D eigenvalue weighted by Gasteiger charge is 2.18. The lowest BCUT2D eigenvalue weighted by Gasteiger charge is -2.11. The number of aryl methyl sites for hydroxylation is 1. The molecule has 1 amide bonds. The molecule has 29 heavy (non-hydrogen) atoms. The summed E-state index contributed by atoms with van der Waals surface area (Å²) in [6.07, 6.45) is 4.45. The quantitative estimate of drug-likeness (QED) is 0.540. The Morgan fingerprint density at radius 2 is 1.90 bits per heavy atom. The van der Waals surface area contributed by atoms with Crippen molar-refractivity contribution in [3.8, 4) is 5.69 Å². The molecule has 4 rings (SSSR count). The zero-order chi connectivity index (χ0) is 20.2. The number of carbonyl (C=O) groups is 1. The average Bonchev–Trinajstić information content (AvgIpc) is 3.37. The number of anilines is 1.